The maximum Gasteiger partial charge on any atom is 0.228 e. The number of rotatable bonds is 4. The first-order valence-corrected chi connectivity index (χ1v) is 10.1. The molecule has 2 aromatic heterocycles. The SMILES string of the molecule is Cc1ccc(NC(=O)C2CCN(C(=O)Cc3cn(C)c4ccccc34)CC2)nc1. The van der Waals surface area contributed by atoms with E-state index in [1.165, 1.54) is 0 Å². The Labute approximate surface area is 170 Å². The Bertz CT molecular complexity index is 1030. The lowest BCUT2D eigenvalue weighted by atomic mass is 9.95. The lowest BCUT2D eigenvalue weighted by Crippen LogP contribution is -2.42. The average Bonchev–Trinajstić information content (AvgIpc) is 3.05. The van der Waals surface area contributed by atoms with E-state index in [1.807, 2.05) is 49.3 Å². The molecule has 0 aliphatic carbocycles. The molecule has 1 N–H and O–H groups in total. The minimum Gasteiger partial charge on any atom is -0.350 e. The maximum absolute atomic E-state index is 12.8. The molecule has 1 fully saturated rings. The predicted molar refractivity (Wildman–Crippen MR) is 114 cm³/mol. The summed E-state index contributed by atoms with van der Waals surface area (Å²) in [7, 11) is 2.00. The highest BCUT2D eigenvalue weighted by atomic mass is 16.2. The number of anilines is 1. The number of nitrogens with zero attached hydrogens (tertiary/aromatic N) is 3. The number of hydrogen-bond acceptors (Lipinski definition) is 3. The monoisotopic (exact) mass is 390 g/mol. The summed E-state index contributed by atoms with van der Waals surface area (Å²) >= 11 is 0. The van der Waals surface area contributed by atoms with Crippen molar-refractivity contribution in [2.75, 3.05) is 18.4 Å². The van der Waals surface area contributed by atoms with Crippen molar-refractivity contribution in [3.63, 3.8) is 0 Å². The van der Waals surface area contributed by atoms with Crippen LogP contribution in [0.1, 0.15) is 24.0 Å². The largest absolute Gasteiger partial charge is 0.350 e. The lowest BCUT2D eigenvalue weighted by Gasteiger charge is -2.31. The van der Waals surface area contributed by atoms with Gasteiger partial charge in [0, 0.05) is 49.4 Å². The Morgan fingerprint density at radius 2 is 1.90 bits per heavy atom. The number of nitrogens with one attached hydrogen (secondary N) is 1. The highest BCUT2D eigenvalue weighted by Crippen LogP contribution is 2.23. The standard InChI is InChI=1S/C23H26N4O2/c1-16-7-8-21(24-14-16)25-23(29)17-9-11-27(12-10-17)22(28)13-18-15-26(2)20-6-4-3-5-19(18)20/h3-8,14-15,17H,9-13H2,1-2H3,(H,24,25,29). The predicted octanol–water partition coefficient (Wildman–Crippen LogP) is 3.30. The van der Waals surface area contributed by atoms with Gasteiger partial charge in [0.05, 0.1) is 6.42 Å². The Balaban J connectivity index is 1.33. The van der Waals surface area contributed by atoms with Gasteiger partial charge in [0.25, 0.3) is 0 Å². The molecule has 6 nitrogen and oxygen atoms in total. The van der Waals surface area contributed by atoms with Crippen LogP contribution in [0.25, 0.3) is 10.9 Å². The van der Waals surface area contributed by atoms with Gasteiger partial charge in [-0.05, 0) is 43.0 Å². The molecule has 29 heavy (non-hydrogen) atoms. The van der Waals surface area contributed by atoms with E-state index >= 15 is 0 Å². The lowest BCUT2D eigenvalue weighted by molar-refractivity contribution is -0.133. The van der Waals surface area contributed by atoms with Crippen LogP contribution in [-0.2, 0) is 23.1 Å². The number of amides is 2. The van der Waals surface area contributed by atoms with E-state index in [4.69, 9.17) is 0 Å². The number of fused-ring (bicyclic) bond motifs is 1. The third-order valence-electron chi connectivity index (χ3n) is 5.70. The van der Waals surface area contributed by atoms with Gasteiger partial charge in [-0.2, -0.15) is 0 Å². The number of carbonyl (C=O) groups excluding carboxylic acids is 2. The van der Waals surface area contributed by atoms with Crippen molar-refractivity contribution in [2.45, 2.75) is 26.2 Å². The summed E-state index contributed by atoms with van der Waals surface area (Å²) in [4.78, 5) is 31.5. The van der Waals surface area contributed by atoms with Crippen molar-refractivity contribution < 1.29 is 9.59 Å². The number of carbonyl (C=O) groups is 2. The zero-order chi connectivity index (χ0) is 20.4. The summed E-state index contributed by atoms with van der Waals surface area (Å²) in [6.07, 6.45) is 5.53. The summed E-state index contributed by atoms with van der Waals surface area (Å²) < 4.78 is 2.06. The number of aryl methyl sites for hydroxylation is 2. The average molecular weight is 390 g/mol. The molecule has 3 heterocycles. The van der Waals surface area contributed by atoms with Crippen LogP contribution >= 0.6 is 0 Å². The molecule has 0 spiro atoms. The van der Waals surface area contributed by atoms with Crippen molar-refractivity contribution in [3.8, 4) is 0 Å². The topological polar surface area (TPSA) is 67.2 Å². The summed E-state index contributed by atoms with van der Waals surface area (Å²) in [6.45, 7) is 3.19. The van der Waals surface area contributed by atoms with E-state index in [9.17, 15) is 9.59 Å². The normalized spacial score (nSPS) is 14.9. The molecule has 1 saturated heterocycles. The highest BCUT2D eigenvalue weighted by molar-refractivity contribution is 5.92. The van der Waals surface area contributed by atoms with Crippen LogP contribution in [0.5, 0.6) is 0 Å². The van der Waals surface area contributed by atoms with Crippen LogP contribution in [0.4, 0.5) is 5.82 Å². The summed E-state index contributed by atoms with van der Waals surface area (Å²) in [5.74, 6) is 0.609. The van der Waals surface area contributed by atoms with E-state index in [-0.39, 0.29) is 17.7 Å². The molecule has 1 aliphatic heterocycles. The van der Waals surface area contributed by atoms with Gasteiger partial charge in [-0.15, -0.1) is 0 Å². The number of aromatic nitrogens is 2. The summed E-state index contributed by atoms with van der Waals surface area (Å²) in [5, 5.41) is 4.02. The quantitative estimate of drug-likeness (QED) is 0.743. The fourth-order valence-corrected chi connectivity index (χ4v) is 4.00. The molecule has 150 valence electrons. The molecular formula is C23H26N4O2. The van der Waals surface area contributed by atoms with Crippen LogP contribution in [0, 0.1) is 12.8 Å². The molecular weight excluding hydrogens is 364 g/mol. The molecule has 1 aromatic carbocycles. The van der Waals surface area contributed by atoms with Gasteiger partial charge in [-0.25, -0.2) is 4.98 Å². The molecule has 1 aliphatic rings. The number of piperidine rings is 1. The first-order chi connectivity index (χ1) is 14.0. The molecule has 6 heteroatoms. The van der Waals surface area contributed by atoms with E-state index in [2.05, 4.69) is 27.0 Å². The third-order valence-corrected chi connectivity index (χ3v) is 5.70. The van der Waals surface area contributed by atoms with Crippen LogP contribution in [0.15, 0.2) is 48.8 Å². The van der Waals surface area contributed by atoms with E-state index in [0.717, 1.165) is 22.0 Å². The second kappa shape index (κ2) is 8.07. The number of benzene rings is 1. The molecule has 2 amide bonds. The molecule has 4 rings (SSSR count). The second-order valence-corrected chi connectivity index (χ2v) is 7.82. The van der Waals surface area contributed by atoms with E-state index < -0.39 is 0 Å². The van der Waals surface area contributed by atoms with Crippen molar-refractivity contribution in [1.29, 1.82) is 0 Å². The molecule has 0 unspecified atom stereocenters. The first kappa shape index (κ1) is 19.2. The van der Waals surface area contributed by atoms with E-state index in [0.29, 0.717) is 38.2 Å². The zero-order valence-corrected chi connectivity index (χ0v) is 16.9. The van der Waals surface area contributed by atoms with Crippen molar-refractivity contribution >= 4 is 28.5 Å². The van der Waals surface area contributed by atoms with Gasteiger partial charge < -0.3 is 14.8 Å². The second-order valence-electron chi connectivity index (χ2n) is 7.82. The van der Waals surface area contributed by atoms with Gasteiger partial charge in [0.2, 0.25) is 11.8 Å². The van der Waals surface area contributed by atoms with Crippen LogP contribution in [0.3, 0.4) is 0 Å². The number of likely N-dealkylation sites (tertiary alicyclic amines) is 1. The van der Waals surface area contributed by atoms with E-state index in [1.54, 1.807) is 6.20 Å². The number of pyridine rings is 1. The van der Waals surface area contributed by atoms with Crippen LogP contribution in [0.2, 0.25) is 0 Å². The number of para-hydroxylation sites is 1. The summed E-state index contributed by atoms with van der Waals surface area (Å²) in [5.41, 5.74) is 3.25. The maximum atomic E-state index is 12.8. The molecule has 0 bridgehead atoms. The zero-order valence-electron chi connectivity index (χ0n) is 16.9. The Hall–Kier alpha value is -3.15. The third kappa shape index (κ3) is 4.16. The van der Waals surface area contributed by atoms with Crippen molar-refractivity contribution in [1.82, 2.24) is 14.5 Å². The van der Waals surface area contributed by atoms with Gasteiger partial charge in [0.1, 0.15) is 5.82 Å². The summed E-state index contributed by atoms with van der Waals surface area (Å²) in [6, 6.07) is 11.9. The first-order valence-electron chi connectivity index (χ1n) is 10.1. The molecule has 0 radical (unpaired) electrons. The molecule has 0 atom stereocenters. The highest BCUT2D eigenvalue weighted by Gasteiger charge is 2.28. The van der Waals surface area contributed by atoms with Crippen molar-refractivity contribution in [2.24, 2.45) is 13.0 Å². The minimum atomic E-state index is -0.0836. The Morgan fingerprint density at radius 1 is 1.14 bits per heavy atom. The Kier molecular flexibility index (Phi) is 5.34. The number of hydrogen-bond donors (Lipinski definition) is 1. The smallest absolute Gasteiger partial charge is 0.228 e. The Morgan fingerprint density at radius 3 is 2.62 bits per heavy atom. The van der Waals surface area contributed by atoms with Gasteiger partial charge in [-0.3, -0.25) is 9.59 Å². The fourth-order valence-electron chi connectivity index (χ4n) is 4.00. The minimum absolute atomic E-state index is 0.0116. The van der Waals surface area contributed by atoms with Gasteiger partial charge in [-0.1, -0.05) is 24.3 Å². The van der Waals surface area contributed by atoms with Crippen LogP contribution < -0.4 is 5.32 Å². The van der Waals surface area contributed by atoms with Crippen LogP contribution in [-0.4, -0.2) is 39.4 Å². The fraction of sp³-hybridized carbons (Fsp3) is 0.348. The van der Waals surface area contributed by atoms with Crippen molar-refractivity contribution in [3.05, 3.63) is 59.9 Å². The van der Waals surface area contributed by atoms with Gasteiger partial charge in [0.15, 0.2) is 0 Å². The van der Waals surface area contributed by atoms with Gasteiger partial charge >= 0.3 is 0 Å². The molecule has 0 saturated carbocycles. The molecule has 3 aromatic rings.